The third-order valence-corrected chi connectivity index (χ3v) is 3.67. The quantitative estimate of drug-likeness (QED) is 0.771. The minimum atomic E-state index is 0.156. The molecule has 1 aliphatic rings. The topological polar surface area (TPSA) is 41.1 Å². The molecule has 0 saturated carbocycles. The molecule has 0 atom stereocenters. The Kier molecular flexibility index (Phi) is 5.40. The zero-order valence-corrected chi connectivity index (χ0v) is 11.8. The number of anilines is 1. The summed E-state index contributed by atoms with van der Waals surface area (Å²) < 4.78 is 0. The van der Waals surface area contributed by atoms with Crippen molar-refractivity contribution in [3.63, 3.8) is 0 Å². The Morgan fingerprint density at radius 1 is 1.32 bits per heavy atom. The molecule has 1 aromatic carbocycles. The lowest BCUT2D eigenvalue weighted by Crippen LogP contribution is -2.25. The summed E-state index contributed by atoms with van der Waals surface area (Å²) >= 11 is 0. The van der Waals surface area contributed by atoms with E-state index in [0.717, 1.165) is 38.0 Å². The highest BCUT2D eigenvalue weighted by atomic mass is 16.1. The van der Waals surface area contributed by atoms with Gasteiger partial charge in [0, 0.05) is 18.7 Å². The summed E-state index contributed by atoms with van der Waals surface area (Å²) in [6, 6.07) is 6.19. The monoisotopic (exact) mass is 260 g/mol. The van der Waals surface area contributed by atoms with E-state index in [1.54, 1.807) is 0 Å². The molecule has 1 aliphatic heterocycles. The number of nitrogens with one attached hydrogen (secondary N) is 2. The third-order valence-electron chi connectivity index (χ3n) is 3.67. The first-order valence-corrected chi connectivity index (χ1v) is 7.42. The van der Waals surface area contributed by atoms with Crippen LogP contribution in [-0.2, 0) is 17.8 Å². The van der Waals surface area contributed by atoms with Crippen molar-refractivity contribution in [1.82, 2.24) is 5.32 Å². The molecule has 104 valence electrons. The second kappa shape index (κ2) is 7.29. The van der Waals surface area contributed by atoms with E-state index in [-0.39, 0.29) is 5.91 Å². The van der Waals surface area contributed by atoms with Crippen LogP contribution in [0.3, 0.4) is 0 Å². The Morgan fingerprint density at radius 2 is 2.21 bits per heavy atom. The van der Waals surface area contributed by atoms with Gasteiger partial charge in [-0.1, -0.05) is 38.3 Å². The fraction of sp³-hybridized carbons (Fsp3) is 0.562. The van der Waals surface area contributed by atoms with Gasteiger partial charge in [-0.25, -0.2) is 0 Å². The van der Waals surface area contributed by atoms with Crippen LogP contribution in [0.1, 0.15) is 50.2 Å². The number of carbonyl (C=O) groups excluding carboxylic acids is 1. The van der Waals surface area contributed by atoms with Crippen molar-refractivity contribution >= 4 is 11.6 Å². The third kappa shape index (κ3) is 4.06. The van der Waals surface area contributed by atoms with Crippen LogP contribution in [0.15, 0.2) is 18.2 Å². The highest BCUT2D eigenvalue weighted by Crippen LogP contribution is 2.23. The SMILES string of the molecule is CCCCCCC(=O)Nc1cccc2c1CCNC2. The molecule has 0 saturated heterocycles. The maximum Gasteiger partial charge on any atom is 0.224 e. The molecule has 2 N–H and O–H groups in total. The predicted octanol–water partition coefficient (Wildman–Crippen LogP) is 3.24. The van der Waals surface area contributed by atoms with Gasteiger partial charge < -0.3 is 10.6 Å². The molecule has 3 heteroatoms. The molecular formula is C16H24N2O. The van der Waals surface area contributed by atoms with Crippen LogP contribution in [0, 0.1) is 0 Å². The first-order chi connectivity index (χ1) is 9.31. The van der Waals surface area contributed by atoms with Crippen molar-refractivity contribution in [1.29, 1.82) is 0 Å². The van der Waals surface area contributed by atoms with Crippen molar-refractivity contribution < 1.29 is 4.79 Å². The molecule has 0 aliphatic carbocycles. The van der Waals surface area contributed by atoms with E-state index in [2.05, 4.69) is 23.6 Å². The standard InChI is InChI=1S/C16H24N2O/c1-2-3-4-5-9-16(19)18-15-8-6-7-13-12-17-11-10-14(13)15/h6-8,17H,2-5,9-12H2,1H3,(H,18,19). The summed E-state index contributed by atoms with van der Waals surface area (Å²) in [7, 11) is 0. The minimum Gasteiger partial charge on any atom is -0.326 e. The van der Waals surface area contributed by atoms with Gasteiger partial charge in [-0.3, -0.25) is 4.79 Å². The minimum absolute atomic E-state index is 0.156. The van der Waals surface area contributed by atoms with E-state index in [1.165, 1.54) is 24.0 Å². The van der Waals surface area contributed by atoms with Crippen molar-refractivity contribution in [2.24, 2.45) is 0 Å². The van der Waals surface area contributed by atoms with Gasteiger partial charge in [0.2, 0.25) is 5.91 Å². The average Bonchev–Trinajstić information content (AvgIpc) is 2.44. The van der Waals surface area contributed by atoms with E-state index < -0.39 is 0 Å². The fourth-order valence-electron chi connectivity index (χ4n) is 2.57. The lowest BCUT2D eigenvalue weighted by Gasteiger charge is -2.20. The summed E-state index contributed by atoms with van der Waals surface area (Å²) in [6.07, 6.45) is 6.22. The number of amides is 1. The van der Waals surface area contributed by atoms with Crippen molar-refractivity contribution in [2.45, 2.75) is 52.0 Å². The van der Waals surface area contributed by atoms with Crippen LogP contribution in [0.5, 0.6) is 0 Å². The molecule has 0 aromatic heterocycles. The van der Waals surface area contributed by atoms with E-state index in [9.17, 15) is 4.79 Å². The van der Waals surface area contributed by atoms with Gasteiger partial charge in [-0.05, 0) is 36.6 Å². The number of hydrogen-bond acceptors (Lipinski definition) is 2. The number of carbonyl (C=O) groups is 1. The van der Waals surface area contributed by atoms with E-state index in [1.807, 2.05) is 12.1 Å². The van der Waals surface area contributed by atoms with Gasteiger partial charge in [0.05, 0.1) is 0 Å². The van der Waals surface area contributed by atoms with E-state index in [0.29, 0.717) is 6.42 Å². The normalized spacial score (nSPS) is 13.9. The van der Waals surface area contributed by atoms with Gasteiger partial charge in [0.25, 0.3) is 0 Å². The second-order valence-electron chi connectivity index (χ2n) is 5.23. The summed E-state index contributed by atoms with van der Waals surface area (Å²) in [4.78, 5) is 11.9. The fourth-order valence-corrected chi connectivity index (χ4v) is 2.57. The highest BCUT2D eigenvalue weighted by molar-refractivity contribution is 5.91. The zero-order valence-electron chi connectivity index (χ0n) is 11.8. The molecule has 0 unspecified atom stereocenters. The Labute approximate surface area is 115 Å². The van der Waals surface area contributed by atoms with Gasteiger partial charge in [0.15, 0.2) is 0 Å². The van der Waals surface area contributed by atoms with E-state index in [4.69, 9.17) is 0 Å². The molecule has 0 radical (unpaired) electrons. The van der Waals surface area contributed by atoms with Gasteiger partial charge in [-0.2, -0.15) is 0 Å². The molecule has 2 rings (SSSR count). The summed E-state index contributed by atoms with van der Waals surface area (Å²) in [6.45, 7) is 4.09. The number of unbranched alkanes of at least 4 members (excludes halogenated alkanes) is 3. The smallest absolute Gasteiger partial charge is 0.224 e. The number of fused-ring (bicyclic) bond motifs is 1. The average molecular weight is 260 g/mol. The molecule has 3 nitrogen and oxygen atoms in total. The molecule has 0 bridgehead atoms. The van der Waals surface area contributed by atoms with Crippen LogP contribution in [0.25, 0.3) is 0 Å². The highest BCUT2D eigenvalue weighted by Gasteiger charge is 2.13. The Balaban J connectivity index is 1.90. The zero-order chi connectivity index (χ0) is 13.5. The summed E-state index contributed by atoms with van der Waals surface area (Å²) in [5.74, 6) is 0.156. The van der Waals surface area contributed by atoms with Gasteiger partial charge >= 0.3 is 0 Å². The molecular weight excluding hydrogens is 236 g/mol. The molecule has 0 fully saturated rings. The second-order valence-corrected chi connectivity index (χ2v) is 5.23. The Hall–Kier alpha value is -1.35. The predicted molar refractivity (Wildman–Crippen MR) is 79.2 cm³/mol. The lowest BCUT2D eigenvalue weighted by atomic mass is 9.99. The first kappa shape index (κ1) is 14.1. The Morgan fingerprint density at radius 3 is 3.05 bits per heavy atom. The van der Waals surface area contributed by atoms with Crippen LogP contribution >= 0.6 is 0 Å². The van der Waals surface area contributed by atoms with Crippen molar-refractivity contribution in [3.05, 3.63) is 29.3 Å². The first-order valence-electron chi connectivity index (χ1n) is 7.42. The van der Waals surface area contributed by atoms with Gasteiger partial charge in [0.1, 0.15) is 0 Å². The number of rotatable bonds is 6. The van der Waals surface area contributed by atoms with Crippen LogP contribution in [0.4, 0.5) is 5.69 Å². The molecule has 0 spiro atoms. The van der Waals surface area contributed by atoms with Crippen LogP contribution in [-0.4, -0.2) is 12.5 Å². The Bertz CT molecular complexity index is 429. The van der Waals surface area contributed by atoms with Crippen molar-refractivity contribution in [2.75, 3.05) is 11.9 Å². The maximum absolute atomic E-state index is 11.9. The van der Waals surface area contributed by atoms with E-state index >= 15 is 0 Å². The summed E-state index contributed by atoms with van der Waals surface area (Å²) in [5, 5.41) is 6.44. The largest absolute Gasteiger partial charge is 0.326 e. The number of hydrogen-bond donors (Lipinski definition) is 2. The summed E-state index contributed by atoms with van der Waals surface area (Å²) in [5.41, 5.74) is 3.64. The molecule has 1 aromatic rings. The lowest BCUT2D eigenvalue weighted by molar-refractivity contribution is -0.116. The molecule has 1 heterocycles. The van der Waals surface area contributed by atoms with Crippen LogP contribution < -0.4 is 10.6 Å². The van der Waals surface area contributed by atoms with Crippen LogP contribution in [0.2, 0.25) is 0 Å². The number of benzene rings is 1. The van der Waals surface area contributed by atoms with Gasteiger partial charge in [-0.15, -0.1) is 0 Å². The molecule has 19 heavy (non-hydrogen) atoms. The van der Waals surface area contributed by atoms with Crippen molar-refractivity contribution in [3.8, 4) is 0 Å². The maximum atomic E-state index is 11.9. The molecule has 1 amide bonds.